The molecule has 1 heterocycles. The molecule has 5 nitrogen and oxygen atoms in total. The van der Waals surface area contributed by atoms with E-state index in [1.54, 1.807) is 6.20 Å². The molecular weight excluding hydrogens is 216 g/mol. The molecule has 0 fully saturated rings. The maximum atomic E-state index is 11.7. The van der Waals surface area contributed by atoms with Gasteiger partial charge >= 0.3 is 0 Å². The molecule has 0 aliphatic carbocycles. The van der Waals surface area contributed by atoms with Crippen LogP contribution in [0.2, 0.25) is 0 Å². The van der Waals surface area contributed by atoms with E-state index in [0.717, 1.165) is 18.8 Å². The van der Waals surface area contributed by atoms with Crippen molar-refractivity contribution >= 4 is 5.91 Å². The van der Waals surface area contributed by atoms with Gasteiger partial charge in [-0.1, -0.05) is 13.8 Å². The zero-order valence-electron chi connectivity index (χ0n) is 10.9. The number of nitrogens with zero attached hydrogens (tertiary/aromatic N) is 2. The second kappa shape index (κ2) is 7.06. The molecule has 1 atom stereocenters. The molecule has 0 saturated carbocycles. The summed E-state index contributed by atoms with van der Waals surface area (Å²) in [6.45, 7) is 8.03. The first-order valence-corrected chi connectivity index (χ1v) is 6.17. The predicted octanol–water partition coefficient (Wildman–Crippen LogP) is 0.907. The Morgan fingerprint density at radius 3 is 2.94 bits per heavy atom. The minimum atomic E-state index is 0.0371. The molecule has 1 unspecified atom stereocenters. The lowest BCUT2D eigenvalue weighted by Gasteiger charge is -2.13. The maximum absolute atomic E-state index is 11.7. The lowest BCUT2D eigenvalue weighted by atomic mass is 10.2. The van der Waals surface area contributed by atoms with Gasteiger partial charge in [-0.2, -0.15) is 0 Å². The first kappa shape index (κ1) is 13.7. The van der Waals surface area contributed by atoms with Crippen LogP contribution < -0.4 is 10.6 Å². The molecule has 0 radical (unpaired) electrons. The highest BCUT2D eigenvalue weighted by atomic mass is 16.2. The predicted molar refractivity (Wildman–Crippen MR) is 67.5 cm³/mol. The fourth-order valence-electron chi connectivity index (χ4n) is 1.47. The molecule has 0 bridgehead atoms. The molecule has 0 saturated heterocycles. The highest BCUT2D eigenvalue weighted by Gasteiger charge is 2.09. The highest BCUT2D eigenvalue weighted by Crippen LogP contribution is 1.98. The van der Waals surface area contributed by atoms with Gasteiger partial charge < -0.3 is 15.2 Å². The van der Waals surface area contributed by atoms with Crippen molar-refractivity contribution in [2.24, 2.45) is 0 Å². The average Bonchev–Trinajstić information content (AvgIpc) is 2.73. The van der Waals surface area contributed by atoms with Crippen molar-refractivity contribution in [3.05, 3.63) is 18.2 Å². The highest BCUT2D eigenvalue weighted by molar-refractivity contribution is 5.76. The Hall–Kier alpha value is -1.36. The maximum Gasteiger partial charge on any atom is 0.240 e. The third-order valence-corrected chi connectivity index (χ3v) is 2.67. The number of hydrogen-bond donors (Lipinski definition) is 2. The smallest absolute Gasteiger partial charge is 0.240 e. The number of aromatic nitrogens is 2. The average molecular weight is 238 g/mol. The van der Waals surface area contributed by atoms with Crippen molar-refractivity contribution in [3.63, 3.8) is 0 Å². The second-order valence-corrected chi connectivity index (χ2v) is 4.13. The van der Waals surface area contributed by atoms with Gasteiger partial charge in [0.05, 0.1) is 6.54 Å². The Labute approximate surface area is 103 Å². The van der Waals surface area contributed by atoms with Gasteiger partial charge in [-0.05, 0) is 19.9 Å². The van der Waals surface area contributed by atoms with E-state index >= 15 is 0 Å². The van der Waals surface area contributed by atoms with Crippen LogP contribution >= 0.6 is 0 Å². The van der Waals surface area contributed by atoms with Gasteiger partial charge in [0.15, 0.2) is 0 Å². The summed E-state index contributed by atoms with van der Waals surface area (Å²) in [5.74, 6) is 0.932. The zero-order valence-corrected chi connectivity index (χ0v) is 10.9. The molecule has 1 rings (SSSR count). The molecule has 5 heteroatoms. The molecule has 2 N–H and O–H groups in total. The van der Waals surface area contributed by atoms with Crippen LogP contribution in [0.5, 0.6) is 0 Å². The second-order valence-electron chi connectivity index (χ2n) is 4.13. The van der Waals surface area contributed by atoms with Crippen molar-refractivity contribution in [1.29, 1.82) is 0 Å². The van der Waals surface area contributed by atoms with Crippen molar-refractivity contribution in [1.82, 2.24) is 20.2 Å². The molecule has 0 aromatic carbocycles. The quantitative estimate of drug-likeness (QED) is 0.742. The van der Waals surface area contributed by atoms with E-state index in [0.29, 0.717) is 13.1 Å². The lowest BCUT2D eigenvalue weighted by Crippen LogP contribution is -2.35. The van der Waals surface area contributed by atoms with Crippen molar-refractivity contribution in [2.45, 2.75) is 46.3 Å². The van der Waals surface area contributed by atoms with Crippen molar-refractivity contribution < 1.29 is 4.79 Å². The van der Waals surface area contributed by atoms with E-state index in [-0.39, 0.29) is 11.9 Å². The number of nitrogens with one attached hydrogen (secondary N) is 2. The first-order valence-electron chi connectivity index (χ1n) is 6.17. The molecular formula is C12H22N4O. The molecule has 0 aliphatic rings. The summed E-state index contributed by atoms with van der Waals surface area (Å²) in [6.07, 6.45) is 4.51. The summed E-state index contributed by atoms with van der Waals surface area (Å²) >= 11 is 0. The summed E-state index contributed by atoms with van der Waals surface area (Å²) in [4.78, 5) is 16.0. The van der Waals surface area contributed by atoms with Crippen LogP contribution in [0.1, 0.15) is 33.0 Å². The minimum Gasteiger partial charge on any atom is -0.352 e. The molecule has 0 aliphatic heterocycles. The van der Waals surface area contributed by atoms with Gasteiger partial charge in [0, 0.05) is 18.4 Å². The van der Waals surface area contributed by atoms with E-state index in [9.17, 15) is 4.79 Å². The Bertz CT molecular complexity index is 348. The number of hydrogen-bond acceptors (Lipinski definition) is 3. The Kier molecular flexibility index (Phi) is 5.69. The number of amides is 1. The van der Waals surface area contributed by atoms with Crippen LogP contribution in [0.4, 0.5) is 0 Å². The van der Waals surface area contributed by atoms with Gasteiger partial charge in [-0.3, -0.25) is 4.79 Å². The van der Waals surface area contributed by atoms with Crippen LogP contribution in [0, 0.1) is 0 Å². The van der Waals surface area contributed by atoms with Gasteiger partial charge in [-0.25, -0.2) is 4.98 Å². The summed E-state index contributed by atoms with van der Waals surface area (Å²) < 4.78 is 1.88. The van der Waals surface area contributed by atoms with Gasteiger partial charge in [-0.15, -0.1) is 0 Å². The zero-order chi connectivity index (χ0) is 12.7. The Morgan fingerprint density at radius 2 is 2.29 bits per heavy atom. The summed E-state index contributed by atoms with van der Waals surface area (Å²) in [7, 11) is 0. The number of carbonyl (C=O) groups excluding carboxylic acids is 1. The van der Waals surface area contributed by atoms with Crippen LogP contribution in [0.15, 0.2) is 12.4 Å². The largest absolute Gasteiger partial charge is 0.352 e. The van der Waals surface area contributed by atoms with Gasteiger partial charge in [0.2, 0.25) is 5.91 Å². The Balaban J connectivity index is 2.50. The third-order valence-electron chi connectivity index (χ3n) is 2.67. The van der Waals surface area contributed by atoms with E-state index in [2.05, 4.69) is 22.5 Å². The minimum absolute atomic E-state index is 0.0371. The van der Waals surface area contributed by atoms with Crippen molar-refractivity contribution in [3.8, 4) is 0 Å². The Morgan fingerprint density at radius 1 is 1.53 bits per heavy atom. The van der Waals surface area contributed by atoms with E-state index in [4.69, 9.17) is 0 Å². The van der Waals surface area contributed by atoms with E-state index < -0.39 is 0 Å². The monoisotopic (exact) mass is 238 g/mol. The molecule has 0 spiro atoms. The van der Waals surface area contributed by atoms with Crippen LogP contribution in [-0.4, -0.2) is 28.0 Å². The summed E-state index contributed by atoms with van der Waals surface area (Å²) in [5.41, 5.74) is 0. The fourth-order valence-corrected chi connectivity index (χ4v) is 1.47. The van der Waals surface area contributed by atoms with Crippen LogP contribution in [-0.2, 0) is 17.9 Å². The number of imidazole rings is 1. The molecule has 17 heavy (non-hydrogen) atoms. The first-order chi connectivity index (χ1) is 8.17. The number of rotatable bonds is 7. The van der Waals surface area contributed by atoms with Crippen LogP contribution in [0.3, 0.4) is 0 Å². The standard InChI is InChI=1S/C12H22N4O/c1-4-10(3)15-12(17)9-16-7-6-14-11(16)8-13-5-2/h6-7,10,13H,4-5,8-9H2,1-3H3,(H,15,17). The summed E-state index contributed by atoms with van der Waals surface area (Å²) in [6, 6.07) is 0.225. The van der Waals surface area contributed by atoms with Gasteiger partial charge in [0.25, 0.3) is 0 Å². The molecule has 96 valence electrons. The van der Waals surface area contributed by atoms with Crippen molar-refractivity contribution in [2.75, 3.05) is 6.54 Å². The molecule has 1 aromatic rings. The summed E-state index contributed by atoms with van der Waals surface area (Å²) in [5, 5.41) is 6.14. The number of carbonyl (C=O) groups is 1. The molecule has 1 aromatic heterocycles. The SMILES string of the molecule is CCNCc1nccn1CC(=O)NC(C)CC. The van der Waals surface area contributed by atoms with Gasteiger partial charge in [0.1, 0.15) is 12.4 Å². The van der Waals surface area contributed by atoms with Crippen LogP contribution in [0.25, 0.3) is 0 Å². The normalized spacial score (nSPS) is 12.4. The third kappa shape index (κ3) is 4.56. The van der Waals surface area contributed by atoms with E-state index in [1.807, 2.05) is 24.6 Å². The van der Waals surface area contributed by atoms with E-state index in [1.165, 1.54) is 0 Å². The lowest BCUT2D eigenvalue weighted by molar-refractivity contribution is -0.122. The topological polar surface area (TPSA) is 59.0 Å². The molecule has 1 amide bonds. The fraction of sp³-hybridized carbons (Fsp3) is 0.667.